The molecule has 28 heavy (non-hydrogen) atoms. The van der Waals surface area contributed by atoms with Crippen LogP contribution in [-0.4, -0.2) is 51.1 Å². The molecule has 0 aromatic rings. The third kappa shape index (κ3) is 4.14. The fourth-order valence-electron chi connectivity index (χ4n) is 3.43. The van der Waals surface area contributed by atoms with Gasteiger partial charge in [0.1, 0.15) is 12.2 Å². The topological polar surface area (TPSA) is 71.1 Å². The molecule has 0 aromatic carbocycles. The molecule has 1 unspecified atom stereocenters. The zero-order chi connectivity index (χ0) is 20.8. The van der Waals surface area contributed by atoms with Gasteiger partial charge >= 0.3 is 21.5 Å². The predicted molar refractivity (Wildman–Crippen MR) is 84.7 cm³/mol. The van der Waals surface area contributed by atoms with Gasteiger partial charge in [-0.05, 0) is 32.3 Å². The number of allylic oxidation sites excluding steroid dienone is 2. The molecule has 2 bridgehead atoms. The van der Waals surface area contributed by atoms with Crippen LogP contribution in [-0.2, 0) is 28.5 Å². The van der Waals surface area contributed by atoms with Crippen molar-refractivity contribution in [1.82, 2.24) is 0 Å². The van der Waals surface area contributed by atoms with E-state index in [1.54, 1.807) is 6.92 Å². The molecule has 4 rings (SSSR count). The lowest BCUT2D eigenvalue weighted by molar-refractivity contribution is -0.399. The molecule has 0 radical (unpaired) electrons. The monoisotopic (exact) mass is 436 g/mol. The van der Waals surface area contributed by atoms with E-state index in [9.17, 15) is 21.6 Å². The highest BCUT2D eigenvalue weighted by atomic mass is 32.2. The molecule has 0 N–H and O–H groups in total. The molecule has 3 heterocycles. The van der Waals surface area contributed by atoms with E-state index in [1.807, 2.05) is 0 Å². The summed E-state index contributed by atoms with van der Waals surface area (Å²) in [6.07, 6.45) is 1.03. The number of halogens is 5. The van der Waals surface area contributed by atoms with E-state index in [1.165, 1.54) is 0 Å². The van der Waals surface area contributed by atoms with Crippen LogP contribution in [0.2, 0.25) is 0 Å². The van der Waals surface area contributed by atoms with Crippen molar-refractivity contribution in [1.29, 1.82) is 0 Å². The number of ether oxygens (including phenoxy) is 3. The Kier molecular flexibility index (Phi) is 5.48. The zero-order valence-electron chi connectivity index (χ0n) is 15.1. The lowest BCUT2D eigenvalue weighted by Crippen LogP contribution is -2.63. The SMILES string of the molecule is CC12COC(CC3CCCC/C=C(/OS(=O)(=O)C(F)(F)F)C3(F)F)(CO1)OC2. The van der Waals surface area contributed by atoms with Crippen molar-refractivity contribution in [3.05, 3.63) is 11.8 Å². The van der Waals surface area contributed by atoms with E-state index >= 15 is 8.78 Å². The summed E-state index contributed by atoms with van der Waals surface area (Å²) in [5.41, 5.74) is -6.47. The van der Waals surface area contributed by atoms with Crippen LogP contribution in [0.15, 0.2) is 11.8 Å². The van der Waals surface area contributed by atoms with Crippen LogP contribution in [0.1, 0.15) is 39.0 Å². The molecule has 0 spiro atoms. The molecule has 1 atom stereocenters. The van der Waals surface area contributed by atoms with Gasteiger partial charge in [-0.2, -0.15) is 30.4 Å². The van der Waals surface area contributed by atoms with Crippen molar-refractivity contribution in [2.75, 3.05) is 19.8 Å². The molecule has 0 saturated carbocycles. The van der Waals surface area contributed by atoms with Crippen molar-refractivity contribution in [3.63, 3.8) is 0 Å². The Morgan fingerprint density at radius 1 is 1.14 bits per heavy atom. The first-order chi connectivity index (χ1) is 12.8. The predicted octanol–water partition coefficient (Wildman–Crippen LogP) is 3.48. The van der Waals surface area contributed by atoms with E-state index in [-0.39, 0.29) is 39.1 Å². The second-order valence-corrected chi connectivity index (χ2v) is 9.12. The van der Waals surface area contributed by atoms with Crippen LogP contribution >= 0.6 is 0 Å². The van der Waals surface area contributed by atoms with Gasteiger partial charge in [-0.25, -0.2) is 0 Å². The average Bonchev–Trinajstić information content (AvgIpc) is 2.59. The highest BCUT2D eigenvalue weighted by Gasteiger charge is 2.57. The summed E-state index contributed by atoms with van der Waals surface area (Å²) in [4.78, 5) is 0. The van der Waals surface area contributed by atoms with Crippen LogP contribution in [0, 0.1) is 5.92 Å². The lowest BCUT2D eigenvalue weighted by atomic mass is 9.84. The number of alkyl halides is 5. The molecule has 3 fully saturated rings. The third-order valence-electron chi connectivity index (χ3n) is 5.14. The van der Waals surface area contributed by atoms with Crippen LogP contribution < -0.4 is 0 Å². The highest BCUT2D eigenvalue weighted by Crippen LogP contribution is 2.47. The van der Waals surface area contributed by atoms with E-state index in [4.69, 9.17) is 14.2 Å². The van der Waals surface area contributed by atoms with Crippen LogP contribution in [0.3, 0.4) is 0 Å². The maximum Gasteiger partial charge on any atom is 0.534 e. The molecule has 162 valence electrons. The van der Waals surface area contributed by atoms with Crippen molar-refractivity contribution in [3.8, 4) is 0 Å². The van der Waals surface area contributed by atoms with E-state index in [0.717, 1.165) is 0 Å². The van der Waals surface area contributed by atoms with Crippen LogP contribution in [0.4, 0.5) is 22.0 Å². The van der Waals surface area contributed by atoms with E-state index in [0.29, 0.717) is 18.9 Å². The quantitative estimate of drug-likeness (QED) is 0.382. The average molecular weight is 436 g/mol. The Labute approximate surface area is 159 Å². The minimum absolute atomic E-state index is 0.0232. The highest BCUT2D eigenvalue weighted by molar-refractivity contribution is 7.87. The number of hydrogen-bond donors (Lipinski definition) is 0. The van der Waals surface area contributed by atoms with Gasteiger partial charge in [0.25, 0.3) is 0 Å². The maximum absolute atomic E-state index is 15.1. The number of hydrogen-bond acceptors (Lipinski definition) is 6. The van der Waals surface area contributed by atoms with Crippen molar-refractivity contribution in [2.45, 2.75) is 61.8 Å². The first-order valence-electron chi connectivity index (χ1n) is 8.80. The lowest BCUT2D eigenvalue weighted by Gasteiger charge is -2.52. The standard InChI is InChI=1S/C16H21F5O6S/c1-13-8-25-14(10-24-13,26-9-13)7-11-5-3-2-4-6-12(15(11,17)18)27-28(22,23)16(19,20)21/h6,11H,2-5,7-10H2,1H3/b12-6+. The van der Waals surface area contributed by atoms with Crippen LogP contribution in [0.25, 0.3) is 0 Å². The molecule has 3 saturated heterocycles. The molecular formula is C16H21F5O6S. The summed E-state index contributed by atoms with van der Waals surface area (Å²) in [6.45, 7) is 1.91. The Morgan fingerprint density at radius 3 is 2.32 bits per heavy atom. The summed E-state index contributed by atoms with van der Waals surface area (Å²) in [5.74, 6) is -8.46. The molecule has 0 aromatic heterocycles. The fraction of sp³-hybridized carbons (Fsp3) is 0.875. The Balaban J connectivity index is 1.83. The molecule has 3 aliphatic heterocycles. The Hall–Kier alpha value is -0.980. The molecule has 12 heteroatoms. The minimum atomic E-state index is -6.21. The Bertz CT molecular complexity index is 708. The Morgan fingerprint density at radius 2 is 1.79 bits per heavy atom. The fourth-order valence-corrected chi connectivity index (χ4v) is 3.94. The van der Waals surface area contributed by atoms with Gasteiger partial charge < -0.3 is 18.4 Å². The number of rotatable bonds is 4. The second-order valence-electron chi connectivity index (χ2n) is 7.59. The third-order valence-corrected chi connectivity index (χ3v) is 6.11. The first-order valence-corrected chi connectivity index (χ1v) is 10.2. The molecular weight excluding hydrogens is 415 g/mol. The molecule has 6 nitrogen and oxygen atoms in total. The second kappa shape index (κ2) is 7.06. The summed E-state index contributed by atoms with van der Waals surface area (Å²) < 4.78 is 111. The van der Waals surface area contributed by atoms with E-state index in [2.05, 4.69) is 4.18 Å². The van der Waals surface area contributed by atoms with Gasteiger partial charge in [-0.3, -0.25) is 0 Å². The molecule has 0 amide bonds. The van der Waals surface area contributed by atoms with Gasteiger partial charge in [0.2, 0.25) is 0 Å². The molecule has 1 aliphatic carbocycles. The van der Waals surface area contributed by atoms with Crippen molar-refractivity contribution >= 4 is 10.1 Å². The van der Waals surface area contributed by atoms with E-state index < -0.39 is 44.6 Å². The summed E-state index contributed by atoms with van der Waals surface area (Å²) >= 11 is 0. The smallest absolute Gasteiger partial charge is 0.374 e. The van der Waals surface area contributed by atoms with Crippen molar-refractivity contribution in [2.24, 2.45) is 5.92 Å². The normalized spacial score (nSPS) is 38.2. The van der Waals surface area contributed by atoms with Gasteiger partial charge in [-0.15, -0.1) is 0 Å². The zero-order valence-corrected chi connectivity index (χ0v) is 15.9. The maximum atomic E-state index is 15.1. The van der Waals surface area contributed by atoms with Gasteiger partial charge in [0.15, 0.2) is 11.5 Å². The number of fused-ring (bicyclic) bond motifs is 3. The largest absolute Gasteiger partial charge is 0.534 e. The summed E-state index contributed by atoms with van der Waals surface area (Å²) in [5, 5.41) is 0. The minimum Gasteiger partial charge on any atom is -0.374 e. The summed E-state index contributed by atoms with van der Waals surface area (Å²) in [7, 11) is -6.21. The summed E-state index contributed by atoms with van der Waals surface area (Å²) in [6, 6.07) is 0. The van der Waals surface area contributed by atoms with Gasteiger partial charge in [0.05, 0.1) is 13.2 Å². The molecule has 4 aliphatic rings. The first kappa shape index (κ1) is 21.7. The van der Waals surface area contributed by atoms with Crippen molar-refractivity contribution < 1.29 is 48.8 Å². The van der Waals surface area contributed by atoms with Crippen LogP contribution in [0.5, 0.6) is 0 Å². The van der Waals surface area contributed by atoms with Gasteiger partial charge in [-0.1, -0.05) is 6.42 Å². The van der Waals surface area contributed by atoms with Gasteiger partial charge in [0, 0.05) is 12.3 Å².